The van der Waals surface area contributed by atoms with Gasteiger partial charge in [-0.25, -0.2) is 0 Å². The highest BCUT2D eigenvalue weighted by atomic mass is 32.2. The molecule has 0 bridgehead atoms. The van der Waals surface area contributed by atoms with Gasteiger partial charge >= 0.3 is 0 Å². The summed E-state index contributed by atoms with van der Waals surface area (Å²) in [5, 5.41) is 3.51. The van der Waals surface area contributed by atoms with E-state index in [4.69, 9.17) is 0 Å². The van der Waals surface area contributed by atoms with Gasteiger partial charge in [0.05, 0.1) is 0 Å². The zero-order valence-electron chi connectivity index (χ0n) is 9.20. The number of pyridine rings is 1. The van der Waals surface area contributed by atoms with Gasteiger partial charge in [0.15, 0.2) is 0 Å². The van der Waals surface area contributed by atoms with E-state index in [2.05, 4.69) is 34.2 Å². The van der Waals surface area contributed by atoms with Crippen molar-refractivity contribution in [1.29, 1.82) is 0 Å². The molecule has 0 spiro atoms. The van der Waals surface area contributed by atoms with Crippen LogP contribution in [0.4, 0.5) is 0 Å². The van der Waals surface area contributed by atoms with Crippen LogP contribution in [0.15, 0.2) is 18.3 Å². The van der Waals surface area contributed by atoms with Gasteiger partial charge < -0.3 is 5.32 Å². The lowest BCUT2D eigenvalue weighted by Crippen LogP contribution is -2.22. The smallest absolute Gasteiger partial charge is 0.0372 e. The van der Waals surface area contributed by atoms with E-state index < -0.39 is 0 Å². The summed E-state index contributed by atoms with van der Waals surface area (Å²) in [5.74, 6) is 3.56. The Morgan fingerprint density at radius 2 is 2.47 bits per heavy atom. The Kier molecular flexibility index (Phi) is 4.03. The maximum atomic E-state index is 4.29. The normalized spacial score (nSPS) is 20.7. The molecule has 1 aliphatic heterocycles. The first kappa shape index (κ1) is 11.0. The predicted molar refractivity (Wildman–Crippen MR) is 66.1 cm³/mol. The molecular formula is C12H18N2S. The van der Waals surface area contributed by atoms with Gasteiger partial charge in [0.25, 0.3) is 0 Å². The molecule has 0 radical (unpaired) electrons. The van der Waals surface area contributed by atoms with E-state index in [0.717, 1.165) is 24.7 Å². The lowest BCUT2D eigenvalue weighted by atomic mass is 10.1. The summed E-state index contributed by atoms with van der Waals surface area (Å²) in [5.41, 5.74) is 2.37. The van der Waals surface area contributed by atoms with E-state index in [9.17, 15) is 0 Å². The van der Waals surface area contributed by atoms with E-state index in [1.165, 1.54) is 23.5 Å². The fourth-order valence-electron chi connectivity index (χ4n) is 1.77. The highest BCUT2D eigenvalue weighted by Gasteiger charge is 2.14. The first-order valence-corrected chi connectivity index (χ1v) is 6.70. The van der Waals surface area contributed by atoms with Crippen LogP contribution < -0.4 is 5.32 Å². The zero-order valence-corrected chi connectivity index (χ0v) is 10.0. The summed E-state index contributed by atoms with van der Waals surface area (Å²) in [7, 11) is 0. The molecular weight excluding hydrogens is 204 g/mol. The third-order valence-electron chi connectivity index (χ3n) is 2.76. The highest BCUT2D eigenvalue weighted by Crippen LogP contribution is 2.22. The molecule has 0 aromatic carbocycles. The van der Waals surface area contributed by atoms with Crippen molar-refractivity contribution in [2.24, 2.45) is 5.92 Å². The molecule has 1 saturated heterocycles. The van der Waals surface area contributed by atoms with E-state index in [1.807, 2.05) is 13.1 Å². The van der Waals surface area contributed by atoms with Crippen LogP contribution in [0.2, 0.25) is 0 Å². The zero-order chi connectivity index (χ0) is 10.5. The average Bonchev–Trinajstić information content (AvgIpc) is 2.74. The molecule has 1 aromatic rings. The van der Waals surface area contributed by atoms with Crippen molar-refractivity contribution >= 4 is 11.8 Å². The van der Waals surface area contributed by atoms with Gasteiger partial charge in [0.1, 0.15) is 0 Å². The fourth-order valence-corrected chi connectivity index (χ4v) is 3.05. The van der Waals surface area contributed by atoms with Crippen molar-refractivity contribution in [2.45, 2.75) is 19.9 Å². The summed E-state index contributed by atoms with van der Waals surface area (Å²) >= 11 is 2.08. The second-order valence-corrected chi connectivity index (χ2v) is 5.32. The minimum atomic E-state index is 0.883. The molecule has 2 rings (SSSR count). The molecule has 82 valence electrons. The Morgan fingerprint density at radius 1 is 1.53 bits per heavy atom. The van der Waals surface area contributed by atoms with Crippen molar-refractivity contribution in [3.63, 3.8) is 0 Å². The molecule has 2 heterocycles. The first-order chi connectivity index (χ1) is 7.34. The van der Waals surface area contributed by atoms with Gasteiger partial charge in [0, 0.05) is 18.4 Å². The molecule has 1 atom stereocenters. The molecule has 1 aliphatic rings. The Labute approximate surface area is 95.9 Å². The van der Waals surface area contributed by atoms with E-state index in [1.54, 1.807) is 0 Å². The number of thioether (sulfide) groups is 1. The molecule has 15 heavy (non-hydrogen) atoms. The van der Waals surface area contributed by atoms with Gasteiger partial charge in [-0.2, -0.15) is 11.8 Å². The predicted octanol–water partition coefficient (Wildman–Crippen LogP) is 2.23. The molecule has 3 heteroatoms. The van der Waals surface area contributed by atoms with Crippen LogP contribution in [-0.4, -0.2) is 23.0 Å². The number of nitrogens with zero attached hydrogens (tertiary/aromatic N) is 1. The second kappa shape index (κ2) is 5.52. The summed E-state index contributed by atoms with van der Waals surface area (Å²) in [6.07, 6.45) is 3.34. The van der Waals surface area contributed by atoms with Crippen LogP contribution in [0.5, 0.6) is 0 Å². The first-order valence-electron chi connectivity index (χ1n) is 5.54. The minimum Gasteiger partial charge on any atom is -0.312 e. The monoisotopic (exact) mass is 222 g/mol. The van der Waals surface area contributed by atoms with Crippen LogP contribution in [0.1, 0.15) is 17.7 Å². The fraction of sp³-hybridized carbons (Fsp3) is 0.583. The van der Waals surface area contributed by atoms with Crippen LogP contribution >= 0.6 is 11.8 Å². The summed E-state index contributed by atoms with van der Waals surface area (Å²) in [4.78, 5) is 4.29. The highest BCUT2D eigenvalue weighted by molar-refractivity contribution is 7.99. The number of aromatic nitrogens is 1. The van der Waals surface area contributed by atoms with Crippen molar-refractivity contribution < 1.29 is 0 Å². The molecule has 2 nitrogen and oxygen atoms in total. The molecule has 0 amide bonds. The van der Waals surface area contributed by atoms with Crippen LogP contribution in [0, 0.1) is 12.8 Å². The van der Waals surface area contributed by atoms with E-state index in [0.29, 0.717) is 0 Å². The SMILES string of the molecule is Cc1ccc(CNCC2CCSC2)cn1. The molecule has 0 aliphatic carbocycles. The number of hydrogen-bond donors (Lipinski definition) is 1. The van der Waals surface area contributed by atoms with Crippen molar-refractivity contribution in [3.05, 3.63) is 29.6 Å². The summed E-state index contributed by atoms with van der Waals surface area (Å²) in [6.45, 7) is 4.13. The van der Waals surface area contributed by atoms with Crippen LogP contribution in [0.25, 0.3) is 0 Å². The van der Waals surface area contributed by atoms with Crippen molar-refractivity contribution in [2.75, 3.05) is 18.1 Å². The molecule has 1 N–H and O–H groups in total. The maximum absolute atomic E-state index is 4.29. The molecule has 0 saturated carbocycles. The van der Waals surface area contributed by atoms with Gasteiger partial charge in [-0.15, -0.1) is 0 Å². The maximum Gasteiger partial charge on any atom is 0.0372 e. The number of nitrogens with one attached hydrogen (secondary N) is 1. The topological polar surface area (TPSA) is 24.9 Å². The van der Waals surface area contributed by atoms with Crippen LogP contribution in [0.3, 0.4) is 0 Å². The quantitative estimate of drug-likeness (QED) is 0.845. The lowest BCUT2D eigenvalue weighted by Gasteiger charge is -2.09. The number of rotatable bonds is 4. The van der Waals surface area contributed by atoms with Gasteiger partial charge in [-0.1, -0.05) is 6.07 Å². The van der Waals surface area contributed by atoms with Gasteiger partial charge in [-0.05, 0) is 48.9 Å². The summed E-state index contributed by atoms with van der Waals surface area (Å²) in [6, 6.07) is 4.22. The van der Waals surface area contributed by atoms with Gasteiger partial charge in [0.2, 0.25) is 0 Å². The molecule has 1 fully saturated rings. The Balaban J connectivity index is 1.71. The van der Waals surface area contributed by atoms with Gasteiger partial charge in [-0.3, -0.25) is 4.98 Å². The lowest BCUT2D eigenvalue weighted by molar-refractivity contribution is 0.523. The van der Waals surface area contributed by atoms with Crippen molar-refractivity contribution in [1.82, 2.24) is 10.3 Å². The van der Waals surface area contributed by atoms with E-state index in [-0.39, 0.29) is 0 Å². The number of aryl methyl sites for hydroxylation is 1. The van der Waals surface area contributed by atoms with E-state index >= 15 is 0 Å². The number of hydrogen-bond acceptors (Lipinski definition) is 3. The van der Waals surface area contributed by atoms with Crippen LogP contribution in [-0.2, 0) is 6.54 Å². The average molecular weight is 222 g/mol. The minimum absolute atomic E-state index is 0.883. The Bertz CT molecular complexity index is 291. The second-order valence-electron chi connectivity index (χ2n) is 4.17. The molecule has 1 aromatic heterocycles. The third kappa shape index (κ3) is 3.50. The molecule has 1 unspecified atom stereocenters. The summed E-state index contributed by atoms with van der Waals surface area (Å²) < 4.78 is 0. The third-order valence-corrected chi connectivity index (χ3v) is 3.99. The largest absolute Gasteiger partial charge is 0.312 e. The Hall–Kier alpha value is -0.540. The standard InChI is InChI=1S/C12H18N2S/c1-10-2-3-11(8-14-10)6-13-7-12-4-5-15-9-12/h2-3,8,12-13H,4-7,9H2,1H3. The Morgan fingerprint density at radius 3 is 3.13 bits per heavy atom. The van der Waals surface area contributed by atoms with Crippen molar-refractivity contribution in [3.8, 4) is 0 Å².